The van der Waals surface area contributed by atoms with E-state index in [1.165, 1.54) is 4.57 Å². The Hall–Kier alpha value is -2.00. The first kappa shape index (κ1) is 26.6. The molecule has 2 heterocycles. The minimum atomic E-state index is -2.00. The Labute approximate surface area is 203 Å². The van der Waals surface area contributed by atoms with Crippen LogP contribution in [-0.4, -0.2) is 30.1 Å². The lowest BCUT2D eigenvalue weighted by molar-refractivity contribution is -0.0201. The molecule has 2 aromatic rings. The van der Waals surface area contributed by atoms with Crippen molar-refractivity contribution in [2.24, 2.45) is 0 Å². The number of aryl methyl sites for hydroxylation is 2. The van der Waals surface area contributed by atoms with Gasteiger partial charge in [0.25, 0.3) is 5.56 Å². The Morgan fingerprint density at radius 3 is 2.38 bits per heavy atom. The maximum atomic E-state index is 12.7. The van der Waals surface area contributed by atoms with E-state index in [4.69, 9.17) is 13.9 Å². The van der Waals surface area contributed by atoms with E-state index in [9.17, 15) is 9.59 Å². The summed E-state index contributed by atoms with van der Waals surface area (Å²) in [6.07, 6.45) is 2.28. The summed E-state index contributed by atoms with van der Waals surface area (Å²) in [5.74, 6) is 0. The summed E-state index contributed by atoms with van der Waals surface area (Å²) in [6.45, 7) is 17.8. The van der Waals surface area contributed by atoms with Crippen molar-refractivity contribution in [3.05, 3.63) is 67.5 Å². The van der Waals surface area contributed by atoms with Crippen molar-refractivity contribution in [1.82, 2.24) is 9.55 Å². The number of aromatic amines is 1. The van der Waals surface area contributed by atoms with Gasteiger partial charge in [0.1, 0.15) is 6.23 Å². The van der Waals surface area contributed by atoms with Crippen LogP contribution in [0.4, 0.5) is 0 Å². The molecule has 1 aromatic heterocycles. The second-order valence-electron chi connectivity index (χ2n) is 10.9. The van der Waals surface area contributed by atoms with Crippen LogP contribution in [0.25, 0.3) is 0 Å². The summed E-state index contributed by atoms with van der Waals surface area (Å²) >= 11 is 0. The number of nitrogens with zero attached hydrogens (tertiary/aromatic N) is 1. The SMILES string of the molecule is CC[C@H]1O[C@@H](n2cc(COCc3c(C)cccc3C)c(=O)[nH]c2=O)CC1O[Si](C)(C)C(C)(C)C. The molecule has 1 unspecified atom stereocenters. The number of rotatable bonds is 8. The highest BCUT2D eigenvalue weighted by Crippen LogP contribution is 2.41. The Balaban J connectivity index is 1.76. The van der Waals surface area contributed by atoms with E-state index in [-0.39, 0.29) is 23.9 Å². The monoisotopic (exact) mass is 488 g/mol. The highest BCUT2D eigenvalue weighted by atomic mass is 28.4. The Morgan fingerprint density at radius 1 is 1.15 bits per heavy atom. The van der Waals surface area contributed by atoms with Crippen molar-refractivity contribution in [3.8, 4) is 0 Å². The van der Waals surface area contributed by atoms with E-state index < -0.39 is 25.8 Å². The highest BCUT2D eigenvalue weighted by Gasteiger charge is 2.44. The summed E-state index contributed by atoms with van der Waals surface area (Å²) < 4.78 is 20.3. The fraction of sp³-hybridized carbons (Fsp3) is 0.615. The zero-order valence-corrected chi connectivity index (χ0v) is 22.9. The average Bonchev–Trinajstić information content (AvgIpc) is 3.12. The van der Waals surface area contributed by atoms with E-state index in [0.29, 0.717) is 18.6 Å². The average molecular weight is 489 g/mol. The van der Waals surface area contributed by atoms with Crippen LogP contribution >= 0.6 is 0 Å². The van der Waals surface area contributed by atoms with Crippen LogP contribution in [0.2, 0.25) is 18.1 Å². The van der Waals surface area contributed by atoms with Crippen molar-refractivity contribution in [2.75, 3.05) is 0 Å². The number of hydrogen-bond acceptors (Lipinski definition) is 5. The predicted molar refractivity (Wildman–Crippen MR) is 137 cm³/mol. The minimum absolute atomic E-state index is 0.0815. The van der Waals surface area contributed by atoms with Gasteiger partial charge in [-0.2, -0.15) is 0 Å². The van der Waals surface area contributed by atoms with E-state index in [0.717, 1.165) is 23.1 Å². The molecule has 3 rings (SSSR count). The lowest BCUT2D eigenvalue weighted by atomic mass is 10.0. The van der Waals surface area contributed by atoms with Gasteiger partial charge in [-0.05, 0) is 55.1 Å². The predicted octanol–water partition coefficient (Wildman–Crippen LogP) is 4.96. The topological polar surface area (TPSA) is 82.5 Å². The zero-order chi connectivity index (χ0) is 25.3. The lowest BCUT2D eigenvalue weighted by Crippen LogP contribution is -2.45. The van der Waals surface area contributed by atoms with Gasteiger partial charge in [-0.25, -0.2) is 4.79 Å². The van der Waals surface area contributed by atoms with E-state index >= 15 is 0 Å². The molecule has 1 N–H and O–H groups in total. The second kappa shape index (κ2) is 10.3. The summed E-state index contributed by atoms with van der Waals surface area (Å²) in [6, 6.07) is 6.10. The first-order valence-electron chi connectivity index (χ1n) is 12.1. The number of aromatic nitrogens is 2. The number of ether oxygens (including phenoxy) is 2. The van der Waals surface area contributed by atoms with Crippen molar-refractivity contribution >= 4 is 8.32 Å². The van der Waals surface area contributed by atoms with Crippen molar-refractivity contribution in [3.63, 3.8) is 0 Å². The third-order valence-corrected chi connectivity index (χ3v) is 11.8. The fourth-order valence-electron chi connectivity index (χ4n) is 4.10. The maximum absolute atomic E-state index is 12.7. The third-order valence-electron chi connectivity index (χ3n) is 7.34. The van der Waals surface area contributed by atoms with Crippen LogP contribution in [0.1, 0.15) is 69.0 Å². The Kier molecular flexibility index (Phi) is 8.07. The molecule has 0 spiro atoms. The molecule has 8 heteroatoms. The van der Waals surface area contributed by atoms with Crippen LogP contribution < -0.4 is 11.2 Å². The van der Waals surface area contributed by atoms with Crippen LogP contribution in [0.15, 0.2) is 34.0 Å². The molecule has 0 bridgehead atoms. The molecular formula is C26H40N2O5Si. The van der Waals surface area contributed by atoms with Gasteiger partial charge in [0.2, 0.25) is 0 Å². The van der Waals surface area contributed by atoms with Gasteiger partial charge >= 0.3 is 5.69 Å². The molecule has 0 amide bonds. The smallest absolute Gasteiger partial charge is 0.330 e. The highest BCUT2D eigenvalue weighted by molar-refractivity contribution is 6.74. The van der Waals surface area contributed by atoms with E-state index in [1.807, 2.05) is 32.0 Å². The molecule has 7 nitrogen and oxygen atoms in total. The van der Waals surface area contributed by atoms with Gasteiger partial charge in [-0.1, -0.05) is 45.9 Å². The summed E-state index contributed by atoms with van der Waals surface area (Å²) in [5, 5.41) is 0.0815. The second-order valence-corrected chi connectivity index (χ2v) is 15.6. The van der Waals surface area contributed by atoms with Gasteiger partial charge in [0.05, 0.1) is 31.0 Å². The summed E-state index contributed by atoms with van der Waals surface area (Å²) in [5.41, 5.74) is 2.91. The number of benzene rings is 1. The molecule has 1 aliphatic heterocycles. The maximum Gasteiger partial charge on any atom is 0.330 e. The van der Waals surface area contributed by atoms with Gasteiger partial charge in [-0.3, -0.25) is 14.3 Å². The zero-order valence-electron chi connectivity index (χ0n) is 21.9. The molecular weight excluding hydrogens is 448 g/mol. The van der Waals surface area contributed by atoms with Crippen LogP contribution in [0, 0.1) is 13.8 Å². The molecule has 1 saturated heterocycles. The summed E-state index contributed by atoms with van der Waals surface area (Å²) in [4.78, 5) is 27.6. The minimum Gasteiger partial charge on any atom is -0.411 e. The molecule has 0 saturated carbocycles. The van der Waals surface area contributed by atoms with Gasteiger partial charge in [0, 0.05) is 12.6 Å². The standard InChI is InChI=1S/C26H40N2O5Si/c1-9-21-22(33-34(7,8)26(4,5)6)13-23(32-21)28-14-19(24(29)27-25(28)30)15-31-16-20-17(2)11-10-12-18(20)3/h10-12,14,21-23H,9,13,15-16H2,1-8H3,(H,27,29,30)/t21-,22?,23-/m1/s1. The lowest BCUT2D eigenvalue weighted by Gasteiger charge is -2.39. The van der Waals surface area contributed by atoms with Crippen LogP contribution in [0.5, 0.6) is 0 Å². The number of hydrogen-bond donors (Lipinski definition) is 1. The van der Waals surface area contributed by atoms with Crippen molar-refractivity contribution in [1.29, 1.82) is 0 Å². The van der Waals surface area contributed by atoms with Gasteiger partial charge in [-0.15, -0.1) is 0 Å². The Bertz CT molecular complexity index is 1100. The molecule has 1 fully saturated rings. The summed E-state index contributed by atoms with van der Waals surface area (Å²) in [7, 11) is -2.00. The number of nitrogens with one attached hydrogen (secondary N) is 1. The van der Waals surface area contributed by atoms with Crippen LogP contribution in [-0.2, 0) is 27.1 Å². The first-order chi connectivity index (χ1) is 15.8. The molecule has 3 atom stereocenters. The van der Waals surface area contributed by atoms with Gasteiger partial charge in [0.15, 0.2) is 8.32 Å². The van der Waals surface area contributed by atoms with Crippen LogP contribution in [0.3, 0.4) is 0 Å². The Morgan fingerprint density at radius 2 is 1.79 bits per heavy atom. The van der Waals surface area contributed by atoms with Gasteiger partial charge < -0.3 is 13.9 Å². The quantitative estimate of drug-likeness (QED) is 0.531. The molecule has 1 aliphatic rings. The normalized spacial score (nSPS) is 21.2. The molecule has 1 aromatic carbocycles. The third kappa shape index (κ3) is 5.79. The van der Waals surface area contributed by atoms with E-state index in [1.54, 1.807) is 6.20 Å². The number of H-pyrrole nitrogens is 1. The molecule has 34 heavy (non-hydrogen) atoms. The largest absolute Gasteiger partial charge is 0.411 e. The van der Waals surface area contributed by atoms with E-state index in [2.05, 4.69) is 45.8 Å². The first-order valence-corrected chi connectivity index (χ1v) is 15.1. The molecule has 0 aliphatic carbocycles. The molecule has 0 radical (unpaired) electrons. The fourth-order valence-corrected chi connectivity index (χ4v) is 5.45. The van der Waals surface area contributed by atoms with Crippen molar-refractivity contribution < 1.29 is 13.9 Å². The molecule has 188 valence electrons. The van der Waals surface area contributed by atoms with Crippen molar-refractivity contribution in [2.45, 2.75) is 104 Å².